The van der Waals surface area contributed by atoms with Crippen molar-refractivity contribution in [3.63, 3.8) is 0 Å². The van der Waals surface area contributed by atoms with Gasteiger partial charge in [0.25, 0.3) is 5.91 Å². The van der Waals surface area contributed by atoms with Gasteiger partial charge in [0.1, 0.15) is 0 Å². The molecule has 30 heavy (non-hydrogen) atoms. The molecule has 0 saturated carbocycles. The third-order valence-corrected chi connectivity index (χ3v) is 6.58. The first-order valence-corrected chi connectivity index (χ1v) is 10.3. The lowest BCUT2D eigenvalue weighted by molar-refractivity contribution is 0.0783. The minimum atomic E-state index is -0.00177. The minimum absolute atomic E-state index is 0.00177. The van der Waals surface area contributed by atoms with Gasteiger partial charge in [0.2, 0.25) is 0 Å². The SMILES string of the molecule is O=C(c1ccncc1)N1CCC2(CCn3nc(-c4cnc5ccccc5c4)cc32)C1. The van der Waals surface area contributed by atoms with Gasteiger partial charge in [-0.25, -0.2) is 0 Å². The molecular weight excluding hydrogens is 374 g/mol. The summed E-state index contributed by atoms with van der Waals surface area (Å²) in [6.07, 6.45) is 7.26. The van der Waals surface area contributed by atoms with E-state index in [0.717, 1.165) is 54.6 Å². The summed E-state index contributed by atoms with van der Waals surface area (Å²) >= 11 is 0. The fourth-order valence-electron chi connectivity index (χ4n) is 4.95. The average Bonchev–Trinajstić information content (AvgIpc) is 3.50. The van der Waals surface area contributed by atoms with Crippen LogP contribution in [0.5, 0.6) is 0 Å². The summed E-state index contributed by atoms with van der Waals surface area (Å²) in [5.74, 6) is 0.0891. The molecule has 1 aromatic carbocycles. The minimum Gasteiger partial charge on any atom is -0.338 e. The van der Waals surface area contributed by atoms with Crippen LogP contribution in [0, 0.1) is 0 Å². The number of amides is 1. The molecule has 5 heterocycles. The van der Waals surface area contributed by atoms with Crippen molar-refractivity contribution in [2.75, 3.05) is 13.1 Å². The summed E-state index contributed by atoms with van der Waals surface area (Å²) in [6, 6.07) is 16.1. The predicted octanol–water partition coefficient (Wildman–Crippen LogP) is 3.68. The molecule has 0 N–H and O–H groups in total. The molecule has 1 saturated heterocycles. The van der Waals surface area contributed by atoms with Crippen LogP contribution in [0.4, 0.5) is 0 Å². The van der Waals surface area contributed by atoms with Crippen LogP contribution >= 0.6 is 0 Å². The second-order valence-electron chi connectivity index (χ2n) is 8.30. The number of carbonyl (C=O) groups is 1. The van der Waals surface area contributed by atoms with E-state index in [4.69, 9.17) is 5.10 Å². The molecule has 6 nitrogen and oxygen atoms in total. The normalized spacial score (nSPS) is 20.2. The number of aromatic nitrogens is 4. The Morgan fingerprint density at radius 1 is 1.00 bits per heavy atom. The van der Waals surface area contributed by atoms with Crippen molar-refractivity contribution in [1.82, 2.24) is 24.6 Å². The van der Waals surface area contributed by atoms with Crippen molar-refractivity contribution in [2.45, 2.75) is 24.8 Å². The van der Waals surface area contributed by atoms with E-state index < -0.39 is 0 Å². The first kappa shape index (κ1) is 17.3. The number of benzene rings is 1. The van der Waals surface area contributed by atoms with E-state index in [1.807, 2.05) is 29.3 Å². The Morgan fingerprint density at radius 3 is 2.73 bits per heavy atom. The molecule has 1 unspecified atom stereocenters. The van der Waals surface area contributed by atoms with Crippen molar-refractivity contribution >= 4 is 16.8 Å². The van der Waals surface area contributed by atoms with Crippen molar-refractivity contribution < 1.29 is 4.79 Å². The Morgan fingerprint density at radius 2 is 1.83 bits per heavy atom. The second-order valence-corrected chi connectivity index (χ2v) is 8.30. The van der Waals surface area contributed by atoms with Gasteiger partial charge >= 0.3 is 0 Å². The Kier molecular flexibility index (Phi) is 3.75. The number of likely N-dealkylation sites (tertiary alicyclic amines) is 1. The monoisotopic (exact) mass is 395 g/mol. The largest absolute Gasteiger partial charge is 0.338 e. The van der Waals surface area contributed by atoms with Gasteiger partial charge in [-0.2, -0.15) is 5.10 Å². The number of aryl methyl sites for hydroxylation is 1. The van der Waals surface area contributed by atoms with Crippen molar-refractivity contribution in [3.8, 4) is 11.3 Å². The molecule has 4 aromatic rings. The molecule has 1 atom stereocenters. The van der Waals surface area contributed by atoms with Crippen LogP contribution in [-0.2, 0) is 12.0 Å². The first-order chi connectivity index (χ1) is 14.7. The van der Waals surface area contributed by atoms with Crippen LogP contribution in [0.15, 0.2) is 67.1 Å². The molecule has 2 aliphatic heterocycles. The van der Waals surface area contributed by atoms with E-state index in [1.165, 1.54) is 5.69 Å². The summed E-state index contributed by atoms with van der Waals surface area (Å²) in [4.78, 5) is 23.5. The standard InChI is InChI=1S/C24H21N5O/c30-23(17-5-9-25-10-6-17)28-11-7-24(16-28)8-12-29-22(24)14-21(27-29)19-13-18-3-1-2-4-20(18)26-15-19/h1-6,9-10,13-15H,7-8,11-12,16H2. The van der Waals surface area contributed by atoms with Crippen LogP contribution in [0.25, 0.3) is 22.2 Å². The maximum atomic E-state index is 12.9. The lowest BCUT2D eigenvalue weighted by atomic mass is 9.82. The highest BCUT2D eigenvalue weighted by Crippen LogP contribution is 2.44. The summed E-state index contributed by atoms with van der Waals surface area (Å²) in [6.45, 7) is 2.42. The van der Waals surface area contributed by atoms with Gasteiger partial charge in [-0.15, -0.1) is 0 Å². The molecular formula is C24H21N5O. The number of fused-ring (bicyclic) bond motifs is 3. The van der Waals surface area contributed by atoms with Crippen LogP contribution in [0.1, 0.15) is 28.9 Å². The molecule has 6 rings (SSSR count). The lowest BCUT2D eigenvalue weighted by Crippen LogP contribution is -2.33. The molecule has 148 valence electrons. The lowest BCUT2D eigenvalue weighted by Gasteiger charge is -2.23. The number of carbonyl (C=O) groups excluding carboxylic acids is 1. The van der Waals surface area contributed by atoms with Crippen LogP contribution in [-0.4, -0.2) is 43.6 Å². The number of rotatable bonds is 2. The highest BCUT2D eigenvalue weighted by Gasteiger charge is 2.47. The molecule has 1 spiro atoms. The Bertz CT molecular complexity index is 1270. The van der Waals surface area contributed by atoms with E-state index in [-0.39, 0.29) is 11.3 Å². The third kappa shape index (κ3) is 2.64. The van der Waals surface area contributed by atoms with Crippen molar-refractivity contribution in [2.24, 2.45) is 0 Å². The molecule has 0 radical (unpaired) electrons. The van der Waals surface area contributed by atoms with Crippen LogP contribution < -0.4 is 0 Å². The van der Waals surface area contributed by atoms with Gasteiger partial charge < -0.3 is 4.90 Å². The van der Waals surface area contributed by atoms with E-state index in [1.54, 1.807) is 24.5 Å². The average molecular weight is 395 g/mol. The summed E-state index contributed by atoms with van der Waals surface area (Å²) in [5, 5.41) is 6.00. The van der Waals surface area contributed by atoms with Gasteiger partial charge in [0, 0.05) is 65.8 Å². The number of pyridine rings is 2. The zero-order chi connectivity index (χ0) is 20.1. The predicted molar refractivity (Wildman–Crippen MR) is 114 cm³/mol. The molecule has 0 bridgehead atoms. The van der Waals surface area contributed by atoms with E-state index in [0.29, 0.717) is 5.56 Å². The molecule has 3 aromatic heterocycles. The Balaban J connectivity index is 1.31. The van der Waals surface area contributed by atoms with E-state index in [2.05, 4.69) is 32.8 Å². The molecule has 1 fully saturated rings. The van der Waals surface area contributed by atoms with E-state index in [9.17, 15) is 4.79 Å². The topological polar surface area (TPSA) is 63.9 Å². The Hall–Kier alpha value is -3.54. The first-order valence-electron chi connectivity index (χ1n) is 10.3. The zero-order valence-corrected chi connectivity index (χ0v) is 16.5. The number of hydrogen-bond donors (Lipinski definition) is 0. The molecule has 0 aliphatic carbocycles. The number of nitrogens with zero attached hydrogens (tertiary/aromatic N) is 5. The Labute approximate surface area is 174 Å². The maximum Gasteiger partial charge on any atom is 0.253 e. The third-order valence-electron chi connectivity index (χ3n) is 6.58. The summed E-state index contributed by atoms with van der Waals surface area (Å²) < 4.78 is 2.13. The number of para-hydroxylation sites is 1. The summed E-state index contributed by atoms with van der Waals surface area (Å²) in [7, 11) is 0. The maximum absolute atomic E-state index is 12.9. The van der Waals surface area contributed by atoms with Crippen molar-refractivity contribution in [3.05, 3.63) is 78.4 Å². The smallest absolute Gasteiger partial charge is 0.253 e. The fourth-order valence-corrected chi connectivity index (χ4v) is 4.95. The molecule has 2 aliphatic rings. The van der Waals surface area contributed by atoms with Gasteiger partial charge in [-0.3, -0.25) is 19.4 Å². The summed E-state index contributed by atoms with van der Waals surface area (Å²) in [5.41, 5.74) is 4.94. The zero-order valence-electron chi connectivity index (χ0n) is 16.5. The van der Waals surface area contributed by atoms with Gasteiger partial charge in [-0.1, -0.05) is 18.2 Å². The van der Waals surface area contributed by atoms with Crippen LogP contribution in [0.2, 0.25) is 0 Å². The van der Waals surface area contributed by atoms with Crippen LogP contribution in [0.3, 0.4) is 0 Å². The highest BCUT2D eigenvalue weighted by atomic mass is 16.2. The van der Waals surface area contributed by atoms with Gasteiger partial charge in [0.05, 0.1) is 11.2 Å². The van der Waals surface area contributed by atoms with Crippen molar-refractivity contribution in [1.29, 1.82) is 0 Å². The van der Waals surface area contributed by atoms with Gasteiger partial charge in [0.15, 0.2) is 0 Å². The fraction of sp³-hybridized carbons (Fsp3) is 0.250. The van der Waals surface area contributed by atoms with E-state index >= 15 is 0 Å². The van der Waals surface area contributed by atoms with Gasteiger partial charge in [-0.05, 0) is 43.2 Å². The quantitative estimate of drug-likeness (QED) is 0.519. The molecule has 1 amide bonds. The highest BCUT2D eigenvalue weighted by molar-refractivity contribution is 5.94. The molecule has 6 heteroatoms. The number of hydrogen-bond acceptors (Lipinski definition) is 4. The second kappa shape index (κ2) is 6.49.